The first-order chi connectivity index (χ1) is 6.43. The largest absolute Gasteiger partial charge is 0.277 e. The van der Waals surface area contributed by atoms with Crippen molar-refractivity contribution in [2.45, 2.75) is 13.5 Å². The van der Waals surface area contributed by atoms with Crippen LogP contribution in [-0.2, 0) is 16.8 Å². The van der Waals surface area contributed by atoms with Crippen molar-refractivity contribution in [3.8, 4) is 0 Å². The van der Waals surface area contributed by atoms with Crippen LogP contribution in [0.3, 0.4) is 0 Å². The molecule has 0 saturated heterocycles. The highest BCUT2D eigenvalue weighted by Gasteiger charge is 2.15. The molecule has 0 bridgehead atoms. The molecule has 0 aromatic carbocycles. The molecule has 14 heavy (non-hydrogen) atoms. The van der Waals surface area contributed by atoms with Gasteiger partial charge >= 0.3 is 0 Å². The van der Waals surface area contributed by atoms with Crippen LogP contribution in [0.15, 0.2) is 12.1 Å². The molecule has 0 aliphatic rings. The molecular weight excluding hydrogens is 244 g/mol. The third kappa shape index (κ3) is 3.21. The average Bonchev–Trinajstić information content (AvgIpc) is 2.45. The molecule has 4 nitrogen and oxygen atoms in total. The van der Waals surface area contributed by atoms with Crippen molar-refractivity contribution in [3.05, 3.63) is 21.3 Å². The highest BCUT2D eigenvalue weighted by atomic mass is 35.5. The van der Waals surface area contributed by atoms with E-state index in [9.17, 15) is 8.42 Å². The molecular formula is C7H11ClN2O2S2. The maximum atomic E-state index is 11.0. The van der Waals surface area contributed by atoms with Crippen molar-refractivity contribution in [2.75, 3.05) is 6.54 Å². The smallest absolute Gasteiger partial charge is 0.216 e. The summed E-state index contributed by atoms with van der Waals surface area (Å²) in [7, 11) is -3.61. The van der Waals surface area contributed by atoms with Crippen LogP contribution in [0.1, 0.15) is 11.8 Å². The minimum atomic E-state index is -3.61. The van der Waals surface area contributed by atoms with E-state index < -0.39 is 10.2 Å². The van der Waals surface area contributed by atoms with Crippen LogP contribution in [0.4, 0.5) is 0 Å². The second-order valence-corrected chi connectivity index (χ2v) is 6.02. The molecule has 0 unspecified atom stereocenters. The molecule has 2 N–H and O–H groups in total. The van der Waals surface area contributed by atoms with Crippen LogP contribution in [0, 0.1) is 0 Å². The number of thiophene rings is 1. The summed E-state index contributed by atoms with van der Waals surface area (Å²) in [6.07, 6.45) is 0. The molecule has 80 valence electrons. The second kappa shape index (κ2) is 4.59. The Balaban J connectivity index is 2.76. The van der Waals surface area contributed by atoms with Crippen LogP contribution in [0.25, 0.3) is 0 Å². The minimum absolute atomic E-state index is 0.284. The molecule has 0 radical (unpaired) electrons. The molecule has 0 aliphatic heterocycles. The van der Waals surface area contributed by atoms with Crippen molar-refractivity contribution in [2.24, 2.45) is 5.14 Å². The first-order valence-electron chi connectivity index (χ1n) is 3.95. The van der Waals surface area contributed by atoms with E-state index in [0.29, 0.717) is 10.9 Å². The van der Waals surface area contributed by atoms with Gasteiger partial charge in [-0.1, -0.05) is 18.5 Å². The third-order valence-electron chi connectivity index (χ3n) is 1.67. The number of hydrogen-bond donors (Lipinski definition) is 1. The normalized spacial score (nSPS) is 12.3. The summed E-state index contributed by atoms with van der Waals surface area (Å²) in [6.45, 7) is 2.38. The van der Waals surface area contributed by atoms with Gasteiger partial charge in [0.05, 0.1) is 4.34 Å². The van der Waals surface area contributed by atoms with Gasteiger partial charge < -0.3 is 0 Å². The predicted molar refractivity (Wildman–Crippen MR) is 58.5 cm³/mol. The highest BCUT2D eigenvalue weighted by Crippen LogP contribution is 2.22. The van der Waals surface area contributed by atoms with Gasteiger partial charge in [0.1, 0.15) is 0 Å². The first-order valence-corrected chi connectivity index (χ1v) is 6.65. The summed E-state index contributed by atoms with van der Waals surface area (Å²) in [5, 5.41) is 5.01. The molecule has 1 aromatic heterocycles. The van der Waals surface area contributed by atoms with E-state index in [1.807, 2.05) is 0 Å². The first kappa shape index (κ1) is 11.9. The minimum Gasteiger partial charge on any atom is -0.216 e. The Hall–Kier alpha value is -0.140. The highest BCUT2D eigenvalue weighted by molar-refractivity contribution is 7.86. The van der Waals surface area contributed by atoms with Gasteiger partial charge in [-0.2, -0.15) is 12.7 Å². The summed E-state index contributed by atoms with van der Waals surface area (Å²) >= 11 is 7.07. The average molecular weight is 255 g/mol. The van der Waals surface area contributed by atoms with Crippen molar-refractivity contribution in [1.29, 1.82) is 0 Å². The van der Waals surface area contributed by atoms with Gasteiger partial charge in [-0.3, -0.25) is 0 Å². The van der Waals surface area contributed by atoms with Gasteiger partial charge in [0.15, 0.2) is 0 Å². The summed E-state index contributed by atoms with van der Waals surface area (Å²) in [5.41, 5.74) is 0. The zero-order chi connectivity index (χ0) is 10.8. The SMILES string of the molecule is CCN(Cc1ccc(Cl)s1)S(N)(=O)=O. The lowest BCUT2D eigenvalue weighted by molar-refractivity contribution is 0.427. The molecule has 0 aliphatic carbocycles. The Labute approximate surface area is 92.5 Å². The zero-order valence-electron chi connectivity index (χ0n) is 7.60. The van der Waals surface area contributed by atoms with E-state index in [-0.39, 0.29) is 6.54 Å². The maximum absolute atomic E-state index is 11.0. The van der Waals surface area contributed by atoms with Crippen molar-refractivity contribution in [1.82, 2.24) is 4.31 Å². The van der Waals surface area contributed by atoms with Gasteiger partial charge in [-0.25, -0.2) is 5.14 Å². The van der Waals surface area contributed by atoms with E-state index in [1.54, 1.807) is 19.1 Å². The molecule has 0 amide bonds. The van der Waals surface area contributed by atoms with E-state index in [0.717, 1.165) is 4.88 Å². The lowest BCUT2D eigenvalue weighted by Gasteiger charge is -2.15. The van der Waals surface area contributed by atoms with E-state index in [2.05, 4.69) is 0 Å². The molecule has 0 fully saturated rings. The number of rotatable bonds is 4. The fraction of sp³-hybridized carbons (Fsp3) is 0.429. The summed E-state index contributed by atoms with van der Waals surface area (Å²) in [4.78, 5) is 0.880. The van der Waals surface area contributed by atoms with Crippen molar-refractivity contribution < 1.29 is 8.42 Å². The van der Waals surface area contributed by atoms with Crippen molar-refractivity contribution in [3.63, 3.8) is 0 Å². The number of nitrogens with zero attached hydrogens (tertiary/aromatic N) is 1. The quantitative estimate of drug-likeness (QED) is 0.884. The molecule has 0 spiro atoms. The van der Waals surface area contributed by atoms with Crippen LogP contribution in [-0.4, -0.2) is 19.3 Å². The fourth-order valence-corrected chi connectivity index (χ4v) is 2.86. The van der Waals surface area contributed by atoms with Crippen molar-refractivity contribution >= 4 is 33.1 Å². The fourth-order valence-electron chi connectivity index (χ4n) is 0.992. The Morgan fingerprint density at radius 3 is 2.57 bits per heavy atom. The van der Waals surface area contributed by atoms with Gasteiger partial charge in [-0.15, -0.1) is 11.3 Å². The molecule has 7 heteroatoms. The Morgan fingerprint density at radius 2 is 2.21 bits per heavy atom. The molecule has 0 atom stereocenters. The van der Waals surface area contributed by atoms with Crippen LogP contribution in [0.5, 0.6) is 0 Å². The Morgan fingerprint density at radius 1 is 1.57 bits per heavy atom. The third-order valence-corrected chi connectivity index (χ3v) is 4.00. The van der Waals surface area contributed by atoms with Gasteiger partial charge in [0, 0.05) is 18.0 Å². The number of hydrogen-bond acceptors (Lipinski definition) is 3. The lowest BCUT2D eigenvalue weighted by atomic mass is 10.4. The summed E-state index contributed by atoms with van der Waals surface area (Å²) < 4.78 is 23.9. The topological polar surface area (TPSA) is 63.4 Å². The van der Waals surface area contributed by atoms with Gasteiger partial charge in [0.25, 0.3) is 10.2 Å². The standard InChI is InChI=1S/C7H11ClN2O2S2/c1-2-10(14(9,11)12)5-6-3-4-7(8)13-6/h3-4H,2,5H2,1H3,(H2,9,11,12). The van der Waals surface area contributed by atoms with E-state index in [1.165, 1.54) is 15.6 Å². The molecule has 1 heterocycles. The molecule has 1 rings (SSSR count). The maximum Gasteiger partial charge on any atom is 0.277 e. The zero-order valence-corrected chi connectivity index (χ0v) is 9.99. The van der Waals surface area contributed by atoms with Crippen LogP contribution < -0.4 is 5.14 Å². The summed E-state index contributed by atoms with van der Waals surface area (Å²) in [5.74, 6) is 0. The van der Waals surface area contributed by atoms with E-state index in [4.69, 9.17) is 16.7 Å². The van der Waals surface area contributed by atoms with Crippen LogP contribution >= 0.6 is 22.9 Å². The number of nitrogens with two attached hydrogens (primary N) is 1. The lowest BCUT2D eigenvalue weighted by Crippen LogP contribution is -2.35. The Bertz CT molecular complexity index is 402. The molecule has 1 aromatic rings. The van der Waals surface area contributed by atoms with E-state index >= 15 is 0 Å². The predicted octanol–water partition coefficient (Wildman–Crippen LogP) is 1.43. The Kier molecular flexibility index (Phi) is 3.91. The van der Waals surface area contributed by atoms with Gasteiger partial charge in [-0.05, 0) is 12.1 Å². The molecule has 0 saturated carbocycles. The number of halogens is 1. The summed E-state index contributed by atoms with van der Waals surface area (Å²) in [6, 6.07) is 3.53. The van der Waals surface area contributed by atoms with Crippen LogP contribution in [0.2, 0.25) is 4.34 Å². The monoisotopic (exact) mass is 254 g/mol. The second-order valence-electron chi connectivity index (χ2n) is 2.68. The van der Waals surface area contributed by atoms with Gasteiger partial charge in [0.2, 0.25) is 0 Å².